The maximum atomic E-state index is 13.3. The van der Waals surface area contributed by atoms with Gasteiger partial charge in [0.1, 0.15) is 10.7 Å². The Labute approximate surface area is 239 Å². The predicted octanol–water partition coefficient (Wildman–Crippen LogP) is 5.51. The van der Waals surface area contributed by atoms with Crippen LogP contribution in [0.2, 0.25) is 0 Å². The molecule has 0 saturated carbocycles. The van der Waals surface area contributed by atoms with Crippen LogP contribution in [-0.2, 0) is 35.3 Å². The Balaban J connectivity index is 1.29. The fourth-order valence-corrected chi connectivity index (χ4v) is 5.79. The highest BCUT2D eigenvalue weighted by Crippen LogP contribution is 2.34. The monoisotopic (exact) mass is 589 g/mol. The number of amides is 1. The summed E-state index contributed by atoms with van der Waals surface area (Å²) < 4.78 is 56.0. The molecule has 5 rings (SSSR count). The normalized spacial score (nSPS) is 15.4. The second-order valence-corrected chi connectivity index (χ2v) is 10.9. The number of hydrogen-bond acceptors (Lipinski definition) is 8. The van der Waals surface area contributed by atoms with Gasteiger partial charge in [-0.2, -0.15) is 13.2 Å². The zero-order valence-corrected chi connectivity index (χ0v) is 23.3. The molecule has 1 amide bonds. The number of carbonyl (C=O) groups excluding carboxylic acids is 2. The van der Waals surface area contributed by atoms with Crippen molar-refractivity contribution >= 4 is 23.2 Å². The molecule has 0 spiro atoms. The highest BCUT2D eigenvalue weighted by molar-refractivity contribution is 7.09. The average molecular weight is 590 g/mol. The number of rotatable bonds is 9. The number of carbonyl (C=O) groups is 2. The summed E-state index contributed by atoms with van der Waals surface area (Å²) >= 11 is 1.33. The van der Waals surface area contributed by atoms with Crippen LogP contribution in [0.5, 0.6) is 11.5 Å². The SMILES string of the molecule is CCOC(=O)C1CCN(C(=O)c2csc(CN(Cc3cccc(C(F)(F)F)c3)Cc3ccc4c(c3)OCO4)n2)CC1. The van der Waals surface area contributed by atoms with Crippen LogP contribution in [0.4, 0.5) is 13.2 Å². The van der Waals surface area contributed by atoms with E-state index in [2.05, 4.69) is 4.98 Å². The zero-order chi connectivity index (χ0) is 29.0. The Morgan fingerprint density at radius 2 is 1.78 bits per heavy atom. The minimum atomic E-state index is -4.44. The van der Waals surface area contributed by atoms with Crippen LogP contribution in [0.3, 0.4) is 0 Å². The molecule has 0 radical (unpaired) electrons. The molecule has 3 heterocycles. The number of nitrogens with zero attached hydrogens (tertiary/aromatic N) is 3. The Hall–Kier alpha value is -3.64. The number of hydrogen-bond donors (Lipinski definition) is 0. The van der Waals surface area contributed by atoms with Crippen molar-refractivity contribution in [2.75, 3.05) is 26.5 Å². The van der Waals surface area contributed by atoms with Crippen molar-refractivity contribution in [1.82, 2.24) is 14.8 Å². The van der Waals surface area contributed by atoms with Crippen LogP contribution in [-0.4, -0.2) is 53.1 Å². The maximum absolute atomic E-state index is 13.3. The van der Waals surface area contributed by atoms with E-state index in [0.717, 1.165) is 17.7 Å². The molecule has 2 aliphatic heterocycles. The molecule has 1 saturated heterocycles. The lowest BCUT2D eigenvalue weighted by molar-refractivity contribution is -0.149. The molecule has 1 aromatic heterocycles. The zero-order valence-electron chi connectivity index (χ0n) is 22.5. The third-order valence-electron chi connectivity index (χ3n) is 7.04. The van der Waals surface area contributed by atoms with Gasteiger partial charge in [-0.05, 0) is 49.1 Å². The van der Waals surface area contributed by atoms with Crippen LogP contribution < -0.4 is 9.47 Å². The van der Waals surface area contributed by atoms with E-state index in [-0.39, 0.29) is 31.1 Å². The summed E-state index contributed by atoms with van der Waals surface area (Å²) in [5, 5.41) is 2.38. The molecule has 0 atom stereocenters. The molecule has 8 nitrogen and oxygen atoms in total. The fraction of sp³-hybridized carbons (Fsp3) is 0.414. The van der Waals surface area contributed by atoms with Gasteiger partial charge in [-0.3, -0.25) is 14.5 Å². The van der Waals surface area contributed by atoms with E-state index in [1.165, 1.54) is 17.4 Å². The van der Waals surface area contributed by atoms with Gasteiger partial charge in [0, 0.05) is 31.6 Å². The molecule has 0 aliphatic carbocycles. The number of halogens is 3. The molecule has 1 fully saturated rings. The molecule has 0 unspecified atom stereocenters. The lowest BCUT2D eigenvalue weighted by Crippen LogP contribution is -2.40. The summed E-state index contributed by atoms with van der Waals surface area (Å²) in [6.07, 6.45) is -3.35. The largest absolute Gasteiger partial charge is 0.466 e. The van der Waals surface area contributed by atoms with E-state index in [9.17, 15) is 22.8 Å². The van der Waals surface area contributed by atoms with Crippen LogP contribution in [0.15, 0.2) is 47.8 Å². The van der Waals surface area contributed by atoms with Gasteiger partial charge in [0.2, 0.25) is 6.79 Å². The fourth-order valence-electron chi connectivity index (χ4n) is 4.98. The highest BCUT2D eigenvalue weighted by Gasteiger charge is 2.31. The van der Waals surface area contributed by atoms with Crippen molar-refractivity contribution in [3.63, 3.8) is 0 Å². The molecule has 0 bridgehead atoms. The van der Waals surface area contributed by atoms with Gasteiger partial charge in [0.15, 0.2) is 11.5 Å². The molecule has 3 aromatic rings. The Morgan fingerprint density at radius 1 is 1.05 bits per heavy atom. The number of fused-ring (bicyclic) bond motifs is 1. The lowest BCUT2D eigenvalue weighted by Gasteiger charge is -2.30. The Kier molecular flexibility index (Phi) is 8.79. The lowest BCUT2D eigenvalue weighted by atomic mass is 9.97. The van der Waals surface area contributed by atoms with E-state index in [1.807, 2.05) is 23.1 Å². The number of likely N-dealkylation sites (tertiary alicyclic amines) is 1. The first-order chi connectivity index (χ1) is 19.7. The third-order valence-corrected chi connectivity index (χ3v) is 7.87. The van der Waals surface area contributed by atoms with E-state index in [4.69, 9.17) is 14.2 Å². The molecule has 41 heavy (non-hydrogen) atoms. The summed E-state index contributed by atoms with van der Waals surface area (Å²) in [5.74, 6) is 0.641. The quantitative estimate of drug-likeness (QED) is 0.305. The number of aromatic nitrogens is 1. The van der Waals surface area contributed by atoms with Gasteiger partial charge in [0.25, 0.3) is 5.91 Å². The van der Waals surface area contributed by atoms with Gasteiger partial charge in [-0.25, -0.2) is 4.98 Å². The second-order valence-electron chi connectivity index (χ2n) is 9.98. The minimum Gasteiger partial charge on any atom is -0.466 e. The van der Waals surface area contributed by atoms with Crippen LogP contribution >= 0.6 is 11.3 Å². The predicted molar refractivity (Wildman–Crippen MR) is 144 cm³/mol. The van der Waals surface area contributed by atoms with Gasteiger partial charge in [0.05, 0.1) is 24.6 Å². The van der Waals surface area contributed by atoms with Crippen LogP contribution in [0.1, 0.15) is 52.0 Å². The average Bonchev–Trinajstić information content (AvgIpc) is 3.62. The van der Waals surface area contributed by atoms with Crippen molar-refractivity contribution in [3.05, 3.63) is 75.2 Å². The van der Waals surface area contributed by atoms with Gasteiger partial charge < -0.3 is 19.1 Å². The van der Waals surface area contributed by atoms with Crippen molar-refractivity contribution in [2.24, 2.45) is 5.92 Å². The minimum absolute atomic E-state index is 0.142. The highest BCUT2D eigenvalue weighted by atomic mass is 32.1. The van der Waals surface area contributed by atoms with Crippen molar-refractivity contribution in [2.45, 2.75) is 45.6 Å². The number of alkyl halides is 3. The molecule has 12 heteroatoms. The van der Waals surface area contributed by atoms with Gasteiger partial charge >= 0.3 is 12.1 Å². The summed E-state index contributed by atoms with van der Waals surface area (Å²) in [5.41, 5.74) is 1.03. The molecule has 0 N–H and O–H groups in total. The first-order valence-electron chi connectivity index (χ1n) is 13.4. The molecular weight excluding hydrogens is 559 g/mol. The first-order valence-corrected chi connectivity index (χ1v) is 14.2. The number of ether oxygens (including phenoxy) is 3. The second kappa shape index (κ2) is 12.5. The van der Waals surface area contributed by atoms with Crippen molar-refractivity contribution < 1.29 is 37.0 Å². The first kappa shape index (κ1) is 28.9. The number of thiazole rings is 1. The summed E-state index contributed by atoms with van der Waals surface area (Å²) in [7, 11) is 0. The number of benzene rings is 2. The molecular formula is C29H30F3N3O5S. The number of esters is 1. The van der Waals surface area contributed by atoms with Crippen molar-refractivity contribution in [1.29, 1.82) is 0 Å². The third kappa shape index (κ3) is 7.17. The molecule has 218 valence electrons. The van der Waals surface area contributed by atoms with E-state index >= 15 is 0 Å². The molecule has 2 aliphatic rings. The topological polar surface area (TPSA) is 81.2 Å². The van der Waals surface area contributed by atoms with Crippen LogP contribution in [0.25, 0.3) is 0 Å². The van der Waals surface area contributed by atoms with Gasteiger partial charge in [-0.15, -0.1) is 11.3 Å². The van der Waals surface area contributed by atoms with Gasteiger partial charge in [-0.1, -0.05) is 24.3 Å². The van der Waals surface area contributed by atoms with Crippen LogP contribution in [0, 0.1) is 5.92 Å². The summed E-state index contributed by atoms with van der Waals surface area (Å²) in [6, 6.07) is 10.8. The van der Waals surface area contributed by atoms with Crippen molar-refractivity contribution in [3.8, 4) is 11.5 Å². The van der Waals surface area contributed by atoms with E-state index in [1.54, 1.807) is 23.3 Å². The summed E-state index contributed by atoms with van der Waals surface area (Å²) in [4.78, 5) is 33.4. The maximum Gasteiger partial charge on any atom is 0.416 e. The Morgan fingerprint density at radius 3 is 2.51 bits per heavy atom. The standard InChI is InChI=1S/C29H30F3N3O5S/c1-2-38-28(37)21-8-10-35(11-9-21)27(36)23-17-41-26(33-23)16-34(14-19-4-3-5-22(12-19)29(30,31)32)15-20-6-7-24-25(13-20)40-18-39-24/h3-7,12-13,17,21H,2,8-11,14-16,18H2,1H3. The summed E-state index contributed by atoms with van der Waals surface area (Å²) in [6.45, 7) is 4.11. The Bertz CT molecular complexity index is 1390. The van der Waals surface area contributed by atoms with E-state index < -0.39 is 11.7 Å². The molecule has 2 aromatic carbocycles. The van der Waals surface area contributed by atoms with E-state index in [0.29, 0.717) is 73.4 Å². The number of piperidine rings is 1. The smallest absolute Gasteiger partial charge is 0.416 e.